The van der Waals surface area contributed by atoms with Gasteiger partial charge in [0, 0.05) is 17.1 Å². The van der Waals surface area contributed by atoms with Crippen LogP contribution < -0.4 is 0 Å². The van der Waals surface area contributed by atoms with Crippen molar-refractivity contribution in [3.8, 4) is 11.8 Å². The van der Waals surface area contributed by atoms with Crippen molar-refractivity contribution < 1.29 is 0 Å². The molecule has 0 N–H and O–H groups in total. The van der Waals surface area contributed by atoms with Crippen LogP contribution in [-0.4, -0.2) is 29.5 Å². The van der Waals surface area contributed by atoms with Gasteiger partial charge in [0.2, 0.25) is 0 Å². The molecule has 2 aromatic rings. The molecule has 0 unspecified atom stereocenters. The van der Waals surface area contributed by atoms with E-state index in [1.54, 1.807) is 0 Å². The quantitative estimate of drug-likeness (QED) is 0.708. The van der Waals surface area contributed by atoms with Gasteiger partial charge in [-0.2, -0.15) is 0 Å². The smallest absolute Gasteiger partial charge is 0.0714 e. The van der Waals surface area contributed by atoms with Gasteiger partial charge in [0.25, 0.3) is 0 Å². The monoisotopic (exact) mass is 236 g/mol. The van der Waals surface area contributed by atoms with Crippen molar-refractivity contribution in [2.24, 2.45) is 0 Å². The summed E-state index contributed by atoms with van der Waals surface area (Å²) >= 11 is 0. The molecule has 0 bridgehead atoms. The third-order valence-electron chi connectivity index (χ3n) is 3.37. The lowest BCUT2D eigenvalue weighted by molar-refractivity contribution is 0.383. The van der Waals surface area contributed by atoms with Gasteiger partial charge in [-0.1, -0.05) is 30.0 Å². The number of rotatable bonds is 1. The van der Waals surface area contributed by atoms with Crippen LogP contribution in [0.2, 0.25) is 0 Å². The molecular formula is C16H16N2. The van der Waals surface area contributed by atoms with Crippen molar-refractivity contribution in [1.29, 1.82) is 0 Å². The summed E-state index contributed by atoms with van der Waals surface area (Å²) in [7, 11) is 0. The van der Waals surface area contributed by atoms with Gasteiger partial charge in [0.05, 0.1) is 12.1 Å². The second-order valence-electron chi connectivity index (χ2n) is 4.66. The first-order valence-corrected chi connectivity index (χ1v) is 6.48. The lowest BCUT2D eigenvalue weighted by Crippen LogP contribution is -2.18. The minimum absolute atomic E-state index is 0.886. The number of hydrogen-bond donors (Lipinski definition) is 0. The summed E-state index contributed by atoms with van der Waals surface area (Å²) in [6.07, 6.45) is 4.47. The summed E-state index contributed by atoms with van der Waals surface area (Å²) < 4.78 is 0. The van der Waals surface area contributed by atoms with E-state index in [4.69, 9.17) is 0 Å². The molecule has 2 heteroatoms. The molecule has 1 aliphatic heterocycles. The van der Waals surface area contributed by atoms with Crippen molar-refractivity contribution in [3.05, 3.63) is 42.1 Å². The lowest BCUT2D eigenvalue weighted by Gasteiger charge is -2.08. The van der Waals surface area contributed by atoms with Crippen LogP contribution >= 0.6 is 0 Å². The minimum Gasteiger partial charge on any atom is -0.292 e. The fraction of sp³-hybridized carbons (Fsp3) is 0.312. The van der Waals surface area contributed by atoms with Crippen LogP contribution in [-0.2, 0) is 0 Å². The summed E-state index contributed by atoms with van der Waals surface area (Å²) in [5, 5.41) is 1.15. The largest absolute Gasteiger partial charge is 0.292 e. The predicted octanol–water partition coefficient (Wildman–Crippen LogP) is 2.68. The first-order valence-electron chi connectivity index (χ1n) is 6.48. The van der Waals surface area contributed by atoms with E-state index in [2.05, 4.69) is 27.8 Å². The SMILES string of the molecule is C(#Cc1ccnc2ccccc12)CN1CCCC1. The van der Waals surface area contributed by atoms with Gasteiger partial charge in [-0.25, -0.2) is 0 Å². The van der Waals surface area contributed by atoms with Crippen molar-refractivity contribution in [3.63, 3.8) is 0 Å². The molecule has 0 atom stereocenters. The number of benzene rings is 1. The third-order valence-corrected chi connectivity index (χ3v) is 3.37. The average Bonchev–Trinajstić information content (AvgIpc) is 2.92. The number of pyridine rings is 1. The van der Waals surface area contributed by atoms with E-state index in [-0.39, 0.29) is 0 Å². The van der Waals surface area contributed by atoms with E-state index in [0.29, 0.717) is 0 Å². The van der Waals surface area contributed by atoms with Gasteiger partial charge in [0.15, 0.2) is 0 Å². The molecule has 0 spiro atoms. The Hall–Kier alpha value is -1.85. The molecule has 0 saturated carbocycles. The zero-order valence-corrected chi connectivity index (χ0v) is 10.4. The number of para-hydroxylation sites is 1. The summed E-state index contributed by atoms with van der Waals surface area (Å²) in [4.78, 5) is 6.76. The molecular weight excluding hydrogens is 220 g/mol. The molecule has 1 saturated heterocycles. The number of fused-ring (bicyclic) bond motifs is 1. The van der Waals surface area contributed by atoms with Crippen LogP contribution in [0.25, 0.3) is 10.9 Å². The Morgan fingerprint density at radius 1 is 1.11 bits per heavy atom. The highest BCUT2D eigenvalue weighted by atomic mass is 15.1. The van der Waals surface area contributed by atoms with Crippen LogP contribution in [0, 0.1) is 11.8 Å². The molecule has 2 nitrogen and oxygen atoms in total. The van der Waals surface area contributed by atoms with Crippen molar-refractivity contribution in [2.75, 3.05) is 19.6 Å². The third kappa shape index (κ3) is 2.37. The summed E-state index contributed by atoms with van der Waals surface area (Å²) in [6, 6.07) is 10.2. The molecule has 1 aromatic carbocycles. The molecule has 90 valence electrons. The minimum atomic E-state index is 0.886. The molecule has 1 fully saturated rings. The van der Waals surface area contributed by atoms with E-state index in [9.17, 15) is 0 Å². The maximum atomic E-state index is 4.35. The van der Waals surface area contributed by atoms with Crippen LogP contribution in [0.5, 0.6) is 0 Å². The van der Waals surface area contributed by atoms with E-state index in [1.165, 1.54) is 25.9 Å². The Balaban J connectivity index is 1.83. The number of nitrogens with zero attached hydrogens (tertiary/aromatic N) is 2. The lowest BCUT2D eigenvalue weighted by atomic mass is 10.1. The Morgan fingerprint density at radius 2 is 1.94 bits per heavy atom. The zero-order valence-electron chi connectivity index (χ0n) is 10.4. The first-order chi connectivity index (χ1) is 8.93. The zero-order chi connectivity index (χ0) is 12.2. The van der Waals surface area contributed by atoms with E-state index in [1.807, 2.05) is 30.5 Å². The van der Waals surface area contributed by atoms with Gasteiger partial charge >= 0.3 is 0 Å². The van der Waals surface area contributed by atoms with Gasteiger partial charge in [-0.3, -0.25) is 9.88 Å². The summed E-state index contributed by atoms with van der Waals surface area (Å²) in [5.74, 6) is 6.57. The molecule has 2 heterocycles. The fourth-order valence-corrected chi connectivity index (χ4v) is 2.39. The van der Waals surface area contributed by atoms with E-state index < -0.39 is 0 Å². The van der Waals surface area contributed by atoms with Crippen LogP contribution in [0.1, 0.15) is 18.4 Å². The molecule has 0 aliphatic carbocycles. The second kappa shape index (κ2) is 5.20. The van der Waals surface area contributed by atoms with Crippen molar-refractivity contribution in [2.45, 2.75) is 12.8 Å². The van der Waals surface area contributed by atoms with E-state index >= 15 is 0 Å². The van der Waals surface area contributed by atoms with Crippen molar-refractivity contribution in [1.82, 2.24) is 9.88 Å². The Bertz CT molecular complexity index is 596. The molecule has 3 rings (SSSR count). The normalized spacial score (nSPS) is 15.6. The van der Waals surface area contributed by atoms with E-state index in [0.717, 1.165) is 23.0 Å². The molecule has 0 radical (unpaired) electrons. The van der Waals surface area contributed by atoms with Crippen LogP contribution in [0.3, 0.4) is 0 Å². The molecule has 1 aliphatic rings. The Kier molecular flexibility index (Phi) is 3.25. The maximum Gasteiger partial charge on any atom is 0.0714 e. The number of likely N-dealkylation sites (tertiary alicyclic amines) is 1. The highest BCUT2D eigenvalue weighted by Gasteiger charge is 2.08. The number of aromatic nitrogens is 1. The van der Waals surface area contributed by atoms with Gasteiger partial charge < -0.3 is 0 Å². The van der Waals surface area contributed by atoms with Crippen LogP contribution in [0.15, 0.2) is 36.5 Å². The fourth-order valence-electron chi connectivity index (χ4n) is 2.39. The van der Waals surface area contributed by atoms with Crippen LogP contribution in [0.4, 0.5) is 0 Å². The average molecular weight is 236 g/mol. The standard InChI is InChI=1S/C16H16N2/c1-2-8-16-15(7-1)14(9-10-17-16)6-5-13-18-11-3-4-12-18/h1-2,7-10H,3-4,11-13H2. The molecule has 0 amide bonds. The first kappa shape index (κ1) is 11.3. The number of hydrogen-bond acceptors (Lipinski definition) is 2. The highest BCUT2D eigenvalue weighted by Crippen LogP contribution is 2.14. The topological polar surface area (TPSA) is 16.1 Å². The summed E-state index contributed by atoms with van der Waals surface area (Å²) in [5.41, 5.74) is 2.10. The highest BCUT2D eigenvalue weighted by molar-refractivity contribution is 5.84. The Morgan fingerprint density at radius 3 is 2.83 bits per heavy atom. The molecule has 18 heavy (non-hydrogen) atoms. The van der Waals surface area contributed by atoms with Gasteiger partial charge in [-0.05, 0) is 38.1 Å². The van der Waals surface area contributed by atoms with Gasteiger partial charge in [0.1, 0.15) is 0 Å². The second-order valence-corrected chi connectivity index (χ2v) is 4.66. The van der Waals surface area contributed by atoms with Crippen molar-refractivity contribution >= 4 is 10.9 Å². The van der Waals surface area contributed by atoms with Gasteiger partial charge in [-0.15, -0.1) is 0 Å². The Labute approximate surface area is 108 Å². The maximum absolute atomic E-state index is 4.35. The predicted molar refractivity (Wildman–Crippen MR) is 74.3 cm³/mol. The summed E-state index contributed by atoms with van der Waals surface area (Å²) in [6.45, 7) is 3.29. The molecule has 1 aromatic heterocycles.